The van der Waals surface area contributed by atoms with Gasteiger partial charge in [0.05, 0.1) is 0 Å². The van der Waals surface area contributed by atoms with Crippen molar-refractivity contribution in [3.05, 3.63) is 4.88 Å². The number of hydrogen-bond donors (Lipinski definition) is 4. The maximum Gasteiger partial charge on any atom is 0.265 e. The molecule has 0 fully saturated rings. The molecule has 1 heterocycles. The van der Waals surface area contributed by atoms with Crippen molar-refractivity contribution in [2.75, 3.05) is 17.7 Å². The van der Waals surface area contributed by atoms with Crippen LogP contribution in [0.4, 0.5) is 10.9 Å². The van der Waals surface area contributed by atoms with Gasteiger partial charge in [0.1, 0.15) is 10.7 Å². The van der Waals surface area contributed by atoms with E-state index in [0.29, 0.717) is 10.0 Å². The highest BCUT2D eigenvalue weighted by atomic mass is 32.1. The van der Waals surface area contributed by atoms with Crippen molar-refractivity contribution in [1.82, 2.24) is 10.3 Å². The highest BCUT2D eigenvalue weighted by Gasteiger charge is 2.20. The zero-order valence-corrected chi connectivity index (χ0v) is 12.5. The van der Waals surface area contributed by atoms with Crippen LogP contribution in [-0.4, -0.2) is 34.7 Å². The summed E-state index contributed by atoms with van der Waals surface area (Å²) in [7, 11) is 0. The number of hydrogen-bond acceptors (Lipinski definition) is 6. The Morgan fingerprint density at radius 2 is 2.05 bits per heavy atom. The lowest BCUT2D eigenvalue weighted by Gasteiger charge is -2.18. The molecule has 108 valence electrons. The Balaban J connectivity index is 2.74. The summed E-state index contributed by atoms with van der Waals surface area (Å²) in [6.45, 7) is 7.72. The van der Waals surface area contributed by atoms with E-state index in [0.717, 1.165) is 0 Å². The number of aliphatic hydroxyl groups excluding tert-OH is 1. The Hall–Kier alpha value is -1.34. The second-order valence-electron chi connectivity index (χ2n) is 4.95. The fourth-order valence-electron chi connectivity index (χ4n) is 1.38. The second kappa shape index (κ2) is 6.72. The first-order chi connectivity index (χ1) is 8.85. The minimum Gasteiger partial charge on any atom is -0.396 e. The molecular formula is C12H22N4O2S. The van der Waals surface area contributed by atoms with E-state index in [-0.39, 0.29) is 36.3 Å². The Kier molecular flexibility index (Phi) is 5.56. The lowest BCUT2D eigenvalue weighted by molar-refractivity contribution is 0.0921. The Labute approximate surface area is 117 Å². The van der Waals surface area contributed by atoms with Crippen LogP contribution in [0, 0.1) is 5.92 Å². The number of nitrogens with two attached hydrogens (primary N) is 1. The molecule has 0 saturated heterocycles. The molecule has 1 amide bonds. The third kappa shape index (κ3) is 4.36. The molecule has 0 aliphatic carbocycles. The third-order valence-electron chi connectivity index (χ3n) is 2.77. The molecule has 0 radical (unpaired) electrons. The summed E-state index contributed by atoms with van der Waals surface area (Å²) in [5, 5.41) is 15.6. The minimum absolute atomic E-state index is 0.00800. The third-order valence-corrected chi connectivity index (χ3v) is 3.77. The molecular weight excluding hydrogens is 264 g/mol. The Bertz CT molecular complexity index is 433. The summed E-state index contributed by atoms with van der Waals surface area (Å²) in [6.07, 6.45) is 0. The van der Waals surface area contributed by atoms with Gasteiger partial charge in [0.2, 0.25) is 0 Å². The molecule has 0 aromatic carbocycles. The number of rotatable bonds is 6. The van der Waals surface area contributed by atoms with Crippen LogP contribution >= 0.6 is 11.3 Å². The first kappa shape index (κ1) is 15.7. The predicted octanol–water partition coefficient (Wildman–Crippen LogP) is 1.29. The summed E-state index contributed by atoms with van der Waals surface area (Å²) in [5.41, 5.74) is 5.75. The first-order valence-corrected chi connectivity index (χ1v) is 7.11. The number of aliphatic hydroxyl groups is 1. The van der Waals surface area contributed by atoms with Crippen molar-refractivity contribution in [2.45, 2.75) is 39.8 Å². The van der Waals surface area contributed by atoms with Crippen LogP contribution in [0.25, 0.3) is 0 Å². The number of amides is 1. The number of aromatic nitrogens is 1. The summed E-state index contributed by atoms with van der Waals surface area (Å²) in [4.78, 5) is 16.6. The van der Waals surface area contributed by atoms with Gasteiger partial charge in [0.25, 0.3) is 5.91 Å². The lowest BCUT2D eigenvalue weighted by Crippen LogP contribution is -2.38. The van der Waals surface area contributed by atoms with Gasteiger partial charge in [0, 0.05) is 18.7 Å². The highest BCUT2D eigenvalue weighted by molar-refractivity contribution is 7.18. The molecule has 0 bridgehead atoms. The van der Waals surface area contributed by atoms with Crippen molar-refractivity contribution < 1.29 is 9.90 Å². The molecule has 0 spiro atoms. The molecule has 7 heteroatoms. The van der Waals surface area contributed by atoms with E-state index in [2.05, 4.69) is 15.6 Å². The zero-order chi connectivity index (χ0) is 14.6. The number of carbonyl (C=O) groups excluding carboxylic acids is 1. The fourth-order valence-corrected chi connectivity index (χ4v) is 2.31. The highest BCUT2D eigenvalue weighted by Crippen LogP contribution is 2.25. The van der Waals surface area contributed by atoms with E-state index >= 15 is 0 Å². The van der Waals surface area contributed by atoms with Crippen LogP contribution in [0.3, 0.4) is 0 Å². The summed E-state index contributed by atoms with van der Waals surface area (Å²) < 4.78 is 0. The van der Waals surface area contributed by atoms with Gasteiger partial charge in [-0.25, -0.2) is 4.98 Å². The summed E-state index contributed by atoms with van der Waals surface area (Å²) >= 11 is 1.24. The van der Waals surface area contributed by atoms with Gasteiger partial charge in [-0.15, -0.1) is 0 Å². The van der Waals surface area contributed by atoms with Gasteiger partial charge < -0.3 is 21.5 Å². The van der Waals surface area contributed by atoms with E-state index in [1.54, 1.807) is 0 Å². The van der Waals surface area contributed by atoms with E-state index in [1.165, 1.54) is 11.3 Å². The van der Waals surface area contributed by atoms with Crippen molar-refractivity contribution in [1.29, 1.82) is 0 Å². The molecule has 19 heavy (non-hydrogen) atoms. The van der Waals surface area contributed by atoms with Gasteiger partial charge in [-0.05, 0) is 26.7 Å². The van der Waals surface area contributed by atoms with Gasteiger partial charge in [-0.2, -0.15) is 0 Å². The summed E-state index contributed by atoms with van der Waals surface area (Å²) in [6, 6.07) is 0.107. The smallest absolute Gasteiger partial charge is 0.265 e. The minimum atomic E-state index is -0.250. The molecule has 1 aromatic heterocycles. The van der Waals surface area contributed by atoms with E-state index in [4.69, 9.17) is 10.8 Å². The quantitative estimate of drug-likeness (QED) is 0.631. The monoisotopic (exact) mass is 286 g/mol. The summed E-state index contributed by atoms with van der Waals surface area (Å²) in [5.74, 6) is -0.0273. The number of carbonyl (C=O) groups is 1. The first-order valence-electron chi connectivity index (χ1n) is 6.29. The van der Waals surface area contributed by atoms with Crippen LogP contribution in [-0.2, 0) is 0 Å². The van der Waals surface area contributed by atoms with E-state index < -0.39 is 0 Å². The number of nitrogens with one attached hydrogen (secondary N) is 2. The largest absolute Gasteiger partial charge is 0.396 e. The molecule has 1 aromatic rings. The standard InChI is InChI=1S/C12H22N4O2S/c1-6(2)14-12-16-10(13)9(19-12)11(18)15-8(4)7(3)5-17/h6-8,17H,5,13H2,1-4H3,(H,14,16)(H,15,18). The Morgan fingerprint density at radius 3 is 2.58 bits per heavy atom. The average molecular weight is 286 g/mol. The SMILES string of the molecule is CC(C)Nc1nc(N)c(C(=O)NC(C)C(C)CO)s1. The van der Waals surface area contributed by atoms with Crippen LogP contribution in [0.5, 0.6) is 0 Å². The topological polar surface area (TPSA) is 100 Å². The van der Waals surface area contributed by atoms with Crippen LogP contribution in [0.15, 0.2) is 0 Å². The zero-order valence-electron chi connectivity index (χ0n) is 11.7. The van der Waals surface area contributed by atoms with E-state index in [1.807, 2.05) is 27.7 Å². The van der Waals surface area contributed by atoms with Crippen molar-refractivity contribution in [3.63, 3.8) is 0 Å². The molecule has 6 nitrogen and oxygen atoms in total. The van der Waals surface area contributed by atoms with Gasteiger partial charge in [-0.3, -0.25) is 4.79 Å². The molecule has 1 rings (SSSR count). The predicted molar refractivity (Wildman–Crippen MR) is 78.5 cm³/mol. The number of thiazole rings is 1. The number of nitrogen functional groups attached to an aromatic ring is 1. The molecule has 2 atom stereocenters. The van der Waals surface area contributed by atoms with Crippen molar-refractivity contribution >= 4 is 28.2 Å². The van der Waals surface area contributed by atoms with Crippen molar-refractivity contribution in [2.24, 2.45) is 5.92 Å². The lowest BCUT2D eigenvalue weighted by atomic mass is 10.1. The van der Waals surface area contributed by atoms with Gasteiger partial charge >= 0.3 is 0 Å². The van der Waals surface area contributed by atoms with Gasteiger partial charge in [-0.1, -0.05) is 18.3 Å². The van der Waals surface area contributed by atoms with Gasteiger partial charge in [0.15, 0.2) is 5.13 Å². The number of nitrogens with zero attached hydrogens (tertiary/aromatic N) is 1. The fraction of sp³-hybridized carbons (Fsp3) is 0.667. The molecule has 5 N–H and O–H groups in total. The Morgan fingerprint density at radius 1 is 1.42 bits per heavy atom. The van der Waals surface area contributed by atoms with Crippen molar-refractivity contribution in [3.8, 4) is 0 Å². The van der Waals surface area contributed by atoms with Crippen LogP contribution < -0.4 is 16.4 Å². The second-order valence-corrected chi connectivity index (χ2v) is 5.95. The normalized spacial score (nSPS) is 14.2. The maximum atomic E-state index is 12.1. The molecule has 0 aliphatic heterocycles. The maximum absolute atomic E-state index is 12.1. The van der Waals surface area contributed by atoms with Crippen LogP contribution in [0.1, 0.15) is 37.4 Å². The molecule has 0 aliphatic rings. The average Bonchev–Trinajstić information content (AvgIpc) is 2.67. The van der Waals surface area contributed by atoms with Crippen LogP contribution in [0.2, 0.25) is 0 Å². The molecule has 2 unspecified atom stereocenters. The molecule has 0 saturated carbocycles. The van der Waals surface area contributed by atoms with E-state index in [9.17, 15) is 4.79 Å². The number of anilines is 2.